The number of piperidine rings is 1. The Morgan fingerprint density at radius 2 is 2.32 bits per heavy atom. The van der Waals surface area contributed by atoms with Crippen LogP contribution in [0.25, 0.3) is 11.0 Å². The summed E-state index contributed by atoms with van der Waals surface area (Å²) in [5, 5.41) is 5.49. The topological polar surface area (TPSA) is 73.1 Å². The number of aromatic nitrogens is 2. The number of hydrogen-bond acceptors (Lipinski definition) is 3. The maximum atomic E-state index is 11.6. The Labute approximate surface area is 130 Å². The van der Waals surface area contributed by atoms with Gasteiger partial charge in [-0.25, -0.2) is 9.78 Å². The van der Waals surface area contributed by atoms with Crippen molar-refractivity contribution in [3.63, 3.8) is 0 Å². The molecule has 1 aliphatic heterocycles. The van der Waals surface area contributed by atoms with Gasteiger partial charge < -0.3 is 10.3 Å². The number of amides is 2. The van der Waals surface area contributed by atoms with E-state index in [4.69, 9.17) is 0 Å². The number of H-pyrrole nitrogens is 1. The van der Waals surface area contributed by atoms with Crippen LogP contribution in [0, 0.1) is 0 Å². The second-order valence-corrected chi connectivity index (χ2v) is 5.81. The summed E-state index contributed by atoms with van der Waals surface area (Å²) in [6.07, 6.45) is 5.71. The van der Waals surface area contributed by atoms with E-state index in [2.05, 4.69) is 38.7 Å². The summed E-state index contributed by atoms with van der Waals surface area (Å²) in [5.41, 5.74) is 3.18. The summed E-state index contributed by atoms with van der Waals surface area (Å²) in [7, 11) is 2.17. The molecule has 0 saturated carbocycles. The number of nitrogens with one attached hydrogen (secondary N) is 3. The minimum atomic E-state index is -0.221. The lowest BCUT2D eigenvalue weighted by molar-refractivity contribution is 0.188. The number of carbonyl (C=O) groups is 1. The van der Waals surface area contributed by atoms with Gasteiger partial charge in [-0.15, -0.1) is 0 Å². The molecule has 1 unspecified atom stereocenters. The van der Waals surface area contributed by atoms with E-state index in [9.17, 15) is 4.79 Å². The number of hydrogen-bond donors (Lipinski definition) is 3. The summed E-state index contributed by atoms with van der Waals surface area (Å²) < 4.78 is 0. The van der Waals surface area contributed by atoms with Crippen molar-refractivity contribution in [3.05, 3.63) is 23.9 Å². The monoisotopic (exact) mass is 301 g/mol. The van der Waals surface area contributed by atoms with Gasteiger partial charge in [0.2, 0.25) is 0 Å². The van der Waals surface area contributed by atoms with Gasteiger partial charge >= 0.3 is 6.03 Å². The molecule has 22 heavy (non-hydrogen) atoms. The van der Waals surface area contributed by atoms with Gasteiger partial charge in [-0.05, 0) is 45.5 Å². The number of anilines is 1. The van der Waals surface area contributed by atoms with Crippen molar-refractivity contribution >= 4 is 22.9 Å². The third-order valence-electron chi connectivity index (χ3n) is 4.26. The second kappa shape index (κ2) is 6.36. The van der Waals surface area contributed by atoms with Crippen molar-refractivity contribution in [3.8, 4) is 0 Å². The van der Waals surface area contributed by atoms with Crippen LogP contribution in [0.2, 0.25) is 0 Å². The smallest absolute Gasteiger partial charge is 0.320 e. The highest BCUT2D eigenvalue weighted by Gasteiger charge is 2.24. The summed E-state index contributed by atoms with van der Waals surface area (Å²) >= 11 is 0. The van der Waals surface area contributed by atoms with Crippen LogP contribution in [-0.2, 0) is 0 Å². The molecule has 0 aromatic carbocycles. The first-order chi connectivity index (χ1) is 10.7. The molecule has 118 valence electrons. The molecule has 1 aliphatic rings. The number of aromatic amines is 1. The van der Waals surface area contributed by atoms with Gasteiger partial charge in [0.1, 0.15) is 5.82 Å². The van der Waals surface area contributed by atoms with Crippen molar-refractivity contribution < 1.29 is 4.79 Å². The van der Waals surface area contributed by atoms with Crippen LogP contribution in [0.3, 0.4) is 0 Å². The first-order valence-corrected chi connectivity index (χ1v) is 7.92. The molecule has 0 aliphatic carbocycles. The van der Waals surface area contributed by atoms with E-state index in [1.54, 1.807) is 0 Å². The van der Waals surface area contributed by atoms with E-state index in [-0.39, 0.29) is 6.03 Å². The van der Waals surface area contributed by atoms with Gasteiger partial charge in [-0.1, -0.05) is 6.42 Å². The molecule has 1 atom stereocenters. The molecule has 1 fully saturated rings. The molecule has 2 aromatic heterocycles. The Kier molecular flexibility index (Phi) is 4.29. The summed E-state index contributed by atoms with van der Waals surface area (Å²) in [6.45, 7) is 3.60. The van der Waals surface area contributed by atoms with Crippen LogP contribution in [0.1, 0.15) is 37.8 Å². The molecule has 0 spiro atoms. The third-order valence-corrected chi connectivity index (χ3v) is 4.26. The summed E-state index contributed by atoms with van der Waals surface area (Å²) in [5.74, 6) is 0.581. The van der Waals surface area contributed by atoms with E-state index < -0.39 is 0 Å². The first-order valence-electron chi connectivity index (χ1n) is 7.92. The zero-order chi connectivity index (χ0) is 15.5. The van der Waals surface area contributed by atoms with Gasteiger partial charge in [0, 0.05) is 24.3 Å². The van der Waals surface area contributed by atoms with Crippen molar-refractivity contribution in [2.75, 3.05) is 25.5 Å². The number of pyridine rings is 1. The highest BCUT2D eigenvalue weighted by Crippen LogP contribution is 2.33. The minimum Gasteiger partial charge on any atom is -0.360 e. The van der Waals surface area contributed by atoms with Gasteiger partial charge in [0.25, 0.3) is 0 Å². The Hall–Kier alpha value is -2.08. The molecular weight excluding hydrogens is 278 g/mol. The average molecular weight is 301 g/mol. The molecule has 3 rings (SSSR count). The molecule has 1 saturated heterocycles. The van der Waals surface area contributed by atoms with Gasteiger partial charge in [-0.3, -0.25) is 10.2 Å². The third kappa shape index (κ3) is 2.92. The maximum absolute atomic E-state index is 11.6. The number of rotatable bonds is 3. The molecule has 0 bridgehead atoms. The van der Waals surface area contributed by atoms with Crippen molar-refractivity contribution in [1.29, 1.82) is 0 Å². The highest BCUT2D eigenvalue weighted by atomic mass is 16.2. The predicted octanol–water partition coefficient (Wildman–Crippen LogP) is 2.86. The van der Waals surface area contributed by atoms with E-state index in [0.717, 1.165) is 24.0 Å². The number of nitrogens with zero attached hydrogens (tertiary/aromatic N) is 2. The van der Waals surface area contributed by atoms with Gasteiger partial charge in [0.05, 0.1) is 11.0 Å². The van der Waals surface area contributed by atoms with Crippen LogP contribution < -0.4 is 10.6 Å². The lowest BCUT2D eigenvalue weighted by Crippen LogP contribution is -2.29. The Morgan fingerprint density at radius 1 is 1.45 bits per heavy atom. The quantitative estimate of drug-likeness (QED) is 0.816. The summed E-state index contributed by atoms with van der Waals surface area (Å²) in [4.78, 5) is 22.0. The van der Waals surface area contributed by atoms with E-state index in [1.807, 2.05) is 19.1 Å². The van der Waals surface area contributed by atoms with Crippen molar-refractivity contribution in [2.45, 2.75) is 32.2 Å². The van der Waals surface area contributed by atoms with Crippen molar-refractivity contribution in [1.82, 2.24) is 20.2 Å². The summed E-state index contributed by atoms with van der Waals surface area (Å²) in [6, 6.07) is 3.97. The first kappa shape index (κ1) is 14.8. The van der Waals surface area contributed by atoms with Crippen LogP contribution in [0.15, 0.2) is 18.3 Å². The molecule has 2 amide bonds. The fraction of sp³-hybridized carbons (Fsp3) is 0.500. The van der Waals surface area contributed by atoms with Crippen LogP contribution in [0.5, 0.6) is 0 Å². The minimum absolute atomic E-state index is 0.221. The fourth-order valence-corrected chi connectivity index (χ4v) is 3.13. The van der Waals surface area contributed by atoms with Gasteiger partial charge in [-0.2, -0.15) is 0 Å². The number of urea groups is 1. The second-order valence-electron chi connectivity index (χ2n) is 5.81. The molecule has 2 aromatic rings. The highest BCUT2D eigenvalue weighted by molar-refractivity contribution is 5.90. The largest absolute Gasteiger partial charge is 0.360 e. The van der Waals surface area contributed by atoms with E-state index >= 15 is 0 Å². The molecule has 0 radical (unpaired) electrons. The molecule has 6 heteroatoms. The van der Waals surface area contributed by atoms with E-state index in [1.165, 1.54) is 18.4 Å². The normalized spacial score (nSPS) is 19.3. The van der Waals surface area contributed by atoms with E-state index in [0.29, 0.717) is 18.4 Å². The van der Waals surface area contributed by atoms with Gasteiger partial charge in [0.15, 0.2) is 0 Å². The van der Waals surface area contributed by atoms with Crippen LogP contribution in [-0.4, -0.2) is 41.0 Å². The zero-order valence-electron chi connectivity index (χ0n) is 13.1. The van der Waals surface area contributed by atoms with Crippen molar-refractivity contribution in [2.24, 2.45) is 0 Å². The number of likely N-dealkylation sites (tertiary alicyclic amines) is 1. The SMILES string of the molecule is CCNC(=O)Nc1ccc2[nH]cc(C3CCCCN3C)c2n1. The van der Waals surface area contributed by atoms with Crippen LogP contribution in [0.4, 0.5) is 10.6 Å². The van der Waals surface area contributed by atoms with Crippen LogP contribution >= 0.6 is 0 Å². The maximum Gasteiger partial charge on any atom is 0.320 e. The standard InChI is InChI=1S/C16H23N5O/c1-3-17-16(22)20-14-8-7-12-15(19-14)11(10-18-12)13-6-4-5-9-21(13)2/h7-8,10,13,18H,3-6,9H2,1-2H3,(H2,17,19,20,22). The lowest BCUT2D eigenvalue weighted by Gasteiger charge is -2.32. The number of carbonyl (C=O) groups excluding carboxylic acids is 1. The predicted molar refractivity (Wildman–Crippen MR) is 88.0 cm³/mol. The fourth-order valence-electron chi connectivity index (χ4n) is 3.13. The molecule has 3 N–H and O–H groups in total. The Balaban J connectivity index is 1.89. The Bertz CT molecular complexity index is 666. The lowest BCUT2D eigenvalue weighted by atomic mass is 9.97. The average Bonchev–Trinajstić information content (AvgIpc) is 2.91. The number of fused-ring (bicyclic) bond motifs is 1. The molecule has 6 nitrogen and oxygen atoms in total. The molecular formula is C16H23N5O. The molecule has 3 heterocycles. The Morgan fingerprint density at radius 3 is 3.09 bits per heavy atom. The zero-order valence-corrected chi connectivity index (χ0v) is 13.1.